The number of hydrogen-bond acceptors (Lipinski definition) is 12. The molecular weight excluding hydrogens is 1140 g/mol. The van der Waals surface area contributed by atoms with Crippen molar-refractivity contribution < 1.29 is 59.5 Å². The fourth-order valence-electron chi connectivity index (χ4n) is 5.63. The van der Waals surface area contributed by atoms with E-state index in [4.69, 9.17) is 39.5 Å². The van der Waals surface area contributed by atoms with Gasteiger partial charge in [0.1, 0.15) is 0 Å². The van der Waals surface area contributed by atoms with Crippen LogP contribution >= 0.6 is 50.7 Å². The number of halogens is 4. The Labute approximate surface area is 477 Å². The van der Waals surface area contributed by atoms with Gasteiger partial charge in [-0.3, -0.25) is 26.0 Å². The zero-order valence-electron chi connectivity index (χ0n) is 44.6. The van der Waals surface area contributed by atoms with E-state index in [1.807, 2.05) is 40.7 Å². The molecule has 0 heterocycles. The summed E-state index contributed by atoms with van der Waals surface area (Å²) in [6, 6.07) is 26.5. The number of ether oxygens (including phenoxy) is 1. The number of carbonyl (C=O) groups excluding carboxylic acids is 6. The van der Waals surface area contributed by atoms with Crippen molar-refractivity contribution in [1.29, 1.82) is 0 Å². The molecule has 5 aromatic rings. The molecule has 0 atom stereocenters. The van der Waals surface area contributed by atoms with Crippen molar-refractivity contribution in [2.45, 2.75) is 74.8 Å². The van der Waals surface area contributed by atoms with Gasteiger partial charge in [-0.25, -0.2) is 28.8 Å². The molecular formula is C52H68BrCl3N10O12. The van der Waals surface area contributed by atoms with E-state index < -0.39 is 36.1 Å². The minimum absolute atomic E-state index is 0.0502. The summed E-state index contributed by atoms with van der Waals surface area (Å²) < 4.78 is 5.48. The third kappa shape index (κ3) is 24.6. The molecule has 78 heavy (non-hydrogen) atoms. The number of hydrogen-bond donors (Lipinski definition) is 10. The van der Waals surface area contributed by atoms with Gasteiger partial charge in [-0.1, -0.05) is 72.1 Å². The predicted octanol–water partition coefficient (Wildman–Crippen LogP) is 12.4. The van der Waals surface area contributed by atoms with E-state index in [0.29, 0.717) is 89.6 Å². The zero-order chi connectivity index (χ0) is 59.1. The number of benzene rings is 5. The maximum absolute atomic E-state index is 11.5. The number of nitrogens with zero attached hydrogens (tertiary/aromatic N) is 5. The van der Waals surface area contributed by atoms with Gasteiger partial charge >= 0.3 is 36.1 Å². The average Bonchev–Trinajstić information content (AvgIpc) is 3.41. The Morgan fingerprint density at radius 2 is 1.00 bits per heavy atom. The molecule has 0 radical (unpaired) electrons. The SMILES string of the molecule is CCCNC(=O)N(O)c1cccc(C)c1.CCNC(=O)N(O)c1cc(Cl)ccc1Cl.CCNC(=O)N(O)c1ccc(C(=O)OCC)cc1.CCNC(=O)N(O)c1ccccc1Br.Cc1ccc(Cl)c(N(O)C(=O)NC(C)C)c1. The maximum Gasteiger partial charge on any atom is 0.346 e. The summed E-state index contributed by atoms with van der Waals surface area (Å²) in [6.45, 7) is 18.5. The molecule has 0 aliphatic carbocycles. The van der Waals surface area contributed by atoms with Crippen molar-refractivity contribution in [2.75, 3.05) is 58.1 Å². The van der Waals surface area contributed by atoms with Gasteiger partial charge in [-0.05, 0) is 168 Å². The number of urea groups is 5. The Kier molecular flexibility index (Phi) is 32.8. The first-order valence-corrected chi connectivity index (χ1v) is 26.0. The molecule has 0 aliphatic rings. The summed E-state index contributed by atoms with van der Waals surface area (Å²) in [7, 11) is 0. The minimum atomic E-state index is -0.651. The van der Waals surface area contributed by atoms with Gasteiger partial charge in [0.2, 0.25) is 0 Å². The molecule has 0 unspecified atom stereocenters. The van der Waals surface area contributed by atoms with Gasteiger partial charge < -0.3 is 31.3 Å². The van der Waals surface area contributed by atoms with E-state index in [9.17, 15) is 54.8 Å². The van der Waals surface area contributed by atoms with Crippen molar-refractivity contribution in [2.24, 2.45) is 0 Å². The summed E-state index contributed by atoms with van der Waals surface area (Å²) in [4.78, 5) is 68.1. The molecule has 0 fully saturated rings. The van der Waals surface area contributed by atoms with Gasteiger partial charge in [0.25, 0.3) is 0 Å². The number of aryl methyl sites for hydroxylation is 2. The molecule has 426 valence electrons. The average molecular weight is 1210 g/mol. The van der Waals surface area contributed by atoms with Crippen LogP contribution in [-0.2, 0) is 4.74 Å². The largest absolute Gasteiger partial charge is 0.462 e. The Morgan fingerprint density at radius 3 is 1.51 bits per heavy atom. The highest BCUT2D eigenvalue weighted by molar-refractivity contribution is 9.10. The lowest BCUT2D eigenvalue weighted by molar-refractivity contribution is 0.0526. The van der Waals surface area contributed by atoms with Crippen LogP contribution in [0.2, 0.25) is 15.1 Å². The van der Waals surface area contributed by atoms with Crippen LogP contribution in [0.25, 0.3) is 0 Å². The van der Waals surface area contributed by atoms with Crippen LogP contribution in [0.1, 0.15) is 76.4 Å². The number of hydroxylamine groups is 5. The second-order valence-corrected chi connectivity index (χ2v) is 18.1. The third-order valence-corrected chi connectivity index (χ3v) is 10.8. The number of esters is 1. The van der Waals surface area contributed by atoms with Crippen molar-refractivity contribution in [3.8, 4) is 0 Å². The third-order valence-electron chi connectivity index (χ3n) is 9.30. The number of para-hydroxylation sites is 1. The van der Waals surface area contributed by atoms with Crippen LogP contribution < -0.4 is 51.9 Å². The van der Waals surface area contributed by atoms with E-state index in [2.05, 4.69) is 42.5 Å². The zero-order valence-corrected chi connectivity index (χ0v) is 48.4. The highest BCUT2D eigenvalue weighted by Crippen LogP contribution is 2.29. The Bertz CT molecular complexity index is 2700. The quantitative estimate of drug-likeness (QED) is 0.0299. The van der Waals surface area contributed by atoms with E-state index in [-0.39, 0.29) is 28.1 Å². The maximum atomic E-state index is 11.5. The Morgan fingerprint density at radius 1 is 0.526 bits per heavy atom. The van der Waals surface area contributed by atoms with Crippen LogP contribution in [-0.4, -0.2) is 101 Å². The second kappa shape index (κ2) is 37.0. The van der Waals surface area contributed by atoms with Crippen LogP contribution in [0.4, 0.5) is 52.4 Å². The molecule has 0 saturated heterocycles. The fourth-order valence-corrected chi connectivity index (χ4v) is 6.64. The van der Waals surface area contributed by atoms with Crippen LogP contribution in [0.15, 0.2) is 114 Å². The summed E-state index contributed by atoms with van der Waals surface area (Å²) in [5.74, 6) is -0.438. The Hall–Kier alpha value is -6.93. The summed E-state index contributed by atoms with van der Waals surface area (Å²) in [5, 5.41) is 63.9. The lowest BCUT2D eigenvalue weighted by atomic mass is 10.2. The van der Waals surface area contributed by atoms with E-state index in [1.165, 1.54) is 36.4 Å². The van der Waals surface area contributed by atoms with Gasteiger partial charge in [0.05, 0.1) is 50.7 Å². The lowest BCUT2D eigenvalue weighted by Crippen LogP contribution is -2.41. The normalized spacial score (nSPS) is 9.88. The Balaban J connectivity index is 0.000000489. The fraction of sp³-hybridized carbons (Fsp3) is 0.308. The molecule has 10 N–H and O–H groups in total. The van der Waals surface area contributed by atoms with Crippen LogP contribution in [0.3, 0.4) is 0 Å². The van der Waals surface area contributed by atoms with Gasteiger partial charge in [0.15, 0.2) is 0 Å². The smallest absolute Gasteiger partial charge is 0.346 e. The summed E-state index contributed by atoms with van der Waals surface area (Å²) in [5.41, 5.74) is 3.86. The molecule has 5 aromatic carbocycles. The van der Waals surface area contributed by atoms with E-state index in [0.717, 1.165) is 17.5 Å². The molecule has 26 heteroatoms. The second-order valence-electron chi connectivity index (χ2n) is 16.0. The van der Waals surface area contributed by atoms with Crippen molar-refractivity contribution in [1.82, 2.24) is 26.6 Å². The van der Waals surface area contributed by atoms with Gasteiger partial charge in [0, 0.05) is 41.7 Å². The van der Waals surface area contributed by atoms with Crippen LogP contribution in [0.5, 0.6) is 0 Å². The first kappa shape index (κ1) is 69.1. The molecule has 0 aliphatic heterocycles. The number of nitrogens with one attached hydrogen (secondary N) is 5. The number of rotatable bonds is 13. The topological polar surface area (TPSA) is 289 Å². The van der Waals surface area contributed by atoms with Crippen molar-refractivity contribution in [3.63, 3.8) is 0 Å². The monoisotopic (exact) mass is 1210 g/mol. The van der Waals surface area contributed by atoms with Gasteiger partial charge in [-0.2, -0.15) is 25.3 Å². The highest BCUT2D eigenvalue weighted by atomic mass is 79.9. The minimum Gasteiger partial charge on any atom is -0.462 e. The predicted molar refractivity (Wildman–Crippen MR) is 306 cm³/mol. The summed E-state index contributed by atoms with van der Waals surface area (Å²) in [6.07, 6.45) is 0.841. The van der Waals surface area contributed by atoms with E-state index in [1.54, 1.807) is 94.4 Å². The number of amides is 10. The first-order chi connectivity index (χ1) is 36.9. The van der Waals surface area contributed by atoms with Crippen molar-refractivity contribution in [3.05, 3.63) is 145 Å². The van der Waals surface area contributed by atoms with E-state index >= 15 is 0 Å². The van der Waals surface area contributed by atoms with Gasteiger partial charge in [-0.15, -0.1) is 0 Å². The standard InChI is InChI=1S/C12H16N2O4.C11H15ClN2O2.C11H16N2O2.C9H11BrN2O2.C9H10Cl2N2O2/c1-3-13-12(16)14(17)10-7-5-9(6-8-10)11(15)18-4-2;1-7(2)13-11(15)14(16)10-6-8(3)4-5-9(10)12;1-3-7-12-11(14)13(15)10-6-4-5-9(2)8-10;1-2-11-9(13)12(14)8-6-4-3-5-7(8)10;1-2-12-9(14)13(15)8-5-6(10)3-4-7(8)11/h5-8,17H,3-4H2,1-2H3,(H,13,16);4-7,16H,1-3H3,(H,13,15);4-6,8,15H,3,7H2,1-2H3,(H,12,14);3-6,14H,2H2,1H3,(H,11,13);3-5,15H,2H2,1H3,(H,12,14). The summed E-state index contributed by atoms with van der Waals surface area (Å²) >= 11 is 20.6. The highest BCUT2D eigenvalue weighted by Gasteiger charge is 2.19. The molecule has 0 spiro atoms. The molecule has 0 saturated carbocycles. The number of carbonyl (C=O) groups is 6. The molecule has 0 aromatic heterocycles. The van der Waals surface area contributed by atoms with Crippen LogP contribution in [0, 0.1) is 13.8 Å². The van der Waals surface area contributed by atoms with Crippen molar-refractivity contribution >= 4 is 115 Å². The molecule has 5 rings (SSSR count). The lowest BCUT2D eigenvalue weighted by Gasteiger charge is -2.19. The molecule has 0 bridgehead atoms. The number of anilines is 5. The molecule has 10 amide bonds. The first-order valence-electron chi connectivity index (χ1n) is 24.0. The molecule has 22 nitrogen and oxygen atoms in total.